The fourth-order valence-electron chi connectivity index (χ4n) is 3.96. The molecule has 158 valence electrons. The summed E-state index contributed by atoms with van der Waals surface area (Å²) in [5, 5.41) is 1.08. The van der Waals surface area contributed by atoms with E-state index in [4.69, 9.17) is 4.74 Å². The average molecular weight is 416 g/mol. The summed E-state index contributed by atoms with van der Waals surface area (Å²) in [5.41, 5.74) is 3.79. The molecule has 0 radical (unpaired) electrons. The van der Waals surface area contributed by atoms with Crippen LogP contribution in [-0.2, 0) is 16.1 Å². The monoisotopic (exact) mass is 416 g/mol. The normalized spacial score (nSPS) is 11.1. The lowest BCUT2D eigenvalue weighted by atomic mass is 10.0. The van der Waals surface area contributed by atoms with Crippen LogP contribution < -0.4 is 10.3 Å². The van der Waals surface area contributed by atoms with Crippen LogP contribution in [0.2, 0.25) is 0 Å². The van der Waals surface area contributed by atoms with E-state index in [0.717, 1.165) is 16.9 Å². The lowest BCUT2D eigenvalue weighted by Gasteiger charge is -2.23. The van der Waals surface area contributed by atoms with Crippen LogP contribution in [0.3, 0.4) is 0 Å². The second-order valence-electron chi connectivity index (χ2n) is 7.39. The zero-order valence-corrected chi connectivity index (χ0v) is 17.8. The van der Waals surface area contributed by atoms with Crippen LogP contribution in [0.1, 0.15) is 12.5 Å². The van der Waals surface area contributed by atoms with Crippen LogP contribution in [0.4, 0.5) is 5.69 Å². The Morgan fingerprint density at radius 1 is 1.23 bits per heavy atom. The van der Waals surface area contributed by atoms with Gasteiger partial charge in [-0.25, -0.2) is 4.98 Å². The summed E-state index contributed by atoms with van der Waals surface area (Å²) in [6.07, 6.45) is 6.96. The quantitative estimate of drug-likeness (QED) is 0.355. The van der Waals surface area contributed by atoms with Crippen molar-refractivity contribution in [3.8, 4) is 5.69 Å². The first-order valence-corrected chi connectivity index (χ1v) is 10.0. The van der Waals surface area contributed by atoms with Gasteiger partial charge in [-0.1, -0.05) is 18.7 Å². The number of pyridine rings is 1. The minimum atomic E-state index is -0.365. The lowest BCUT2D eigenvalue weighted by molar-refractivity contribution is -0.143. The second-order valence-corrected chi connectivity index (χ2v) is 7.39. The van der Waals surface area contributed by atoms with E-state index in [1.54, 1.807) is 37.7 Å². The molecule has 2 heterocycles. The molecule has 2 aromatic carbocycles. The van der Waals surface area contributed by atoms with Gasteiger partial charge in [0.05, 0.1) is 29.7 Å². The molecule has 0 aliphatic carbocycles. The van der Waals surface area contributed by atoms with E-state index >= 15 is 0 Å². The summed E-state index contributed by atoms with van der Waals surface area (Å²) in [7, 11) is 3.82. The Hall–Kier alpha value is -3.87. The van der Waals surface area contributed by atoms with Gasteiger partial charge in [-0.15, -0.1) is 0 Å². The average Bonchev–Trinajstić information content (AvgIpc) is 3.30. The number of esters is 1. The number of carbonyl (C=O) groups is 1. The van der Waals surface area contributed by atoms with Gasteiger partial charge in [-0.3, -0.25) is 9.59 Å². The van der Waals surface area contributed by atoms with Gasteiger partial charge in [-0.2, -0.15) is 0 Å². The SMILES string of the molecule is C=Cc1ccc2c(=O)c3ccc(-n4ccnc4)cc3n(CC(=O)OCC)c2c1N(C)C. The van der Waals surface area contributed by atoms with Crippen LogP contribution in [0.15, 0.2) is 60.4 Å². The maximum atomic E-state index is 13.4. The smallest absolute Gasteiger partial charge is 0.325 e. The molecule has 7 heteroatoms. The predicted molar refractivity (Wildman–Crippen MR) is 124 cm³/mol. The Morgan fingerprint density at radius 3 is 2.65 bits per heavy atom. The van der Waals surface area contributed by atoms with E-state index < -0.39 is 0 Å². The number of benzene rings is 2. The molecule has 0 aliphatic rings. The fourth-order valence-corrected chi connectivity index (χ4v) is 3.96. The molecule has 0 spiro atoms. The Bertz CT molecular complexity index is 1350. The number of hydrogen-bond donors (Lipinski definition) is 0. The van der Waals surface area contributed by atoms with Crippen molar-refractivity contribution < 1.29 is 9.53 Å². The zero-order valence-electron chi connectivity index (χ0n) is 17.8. The molecule has 31 heavy (non-hydrogen) atoms. The van der Waals surface area contributed by atoms with Crippen LogP contribution in [0.25, 0.3) is 33.6 Å². The molecule has 0 bridgehead atoms. The molecule has 0 fully saturated rings. The fraction of sp³-hybridized carbons (Fsp3) is 0.208. The summed E-state index contributed by atoms with van der Waals surface area (Å²) in [4.78, 5) is 32.0. The minimum Gasteiger partial charge on any atom is -0.465 e. The Kier molecular flexibility index (Phi) is 5.33. The molecular weight excluding hydrogens is 392 g/mol. The van der Waals surface area contributed by atoms with Gasteiger partial charge < -0.3 is 18.8 Å². The van der Waals surface area contributed by atoms with Crippen LogP contribution >= 0.6 is 0 Å². The summed E-state index contributed by atoms with van der Waals surface area (Å²) in [5.74, 6) is -0.365. The Labute approximate surface area is 179 Å². The van der Waals surface area contributed by atoms with Crippen molar-refractivity contribution in [2.75, 3.05) is 25.6 Å². The highest BCUT2D eigenvalue weighted by molar-refractivity contribution is 6.03. The van der Waals surface area contributed by atoms with Crippen molar-refractivity contribution in [3.63, 3.8) is 0 Å². The first-order valence-electron chi connectivity index (χ1n) is 10.0. The molecule has 0 amide bonds. The van der Waals surface area contributed by atoms with Crippen molar-refractivity contribution >= 4 is 39.5 Å². The highest BCUT2D eigenvalue weighted by Gasteiger charge is 2.19. The molecule has 0 unspecified atom stereocenters. The number of fused-ring (bicyclic) bond motifs is 2. The number of imidazole rings is 1. The van der Waals surface area contributed by atoms with E-state index in [9.17, 15) is 9.59 Å². The first kappa shape index (κ1) is 20.4. The third kappa shape index (κ3) is 3.48. The minimum absolute atomic E-state index is 0.0179. The summed E-state index contributed by atoms with van der Waals surface area (Å²) in [6.45, 7) is 5.96. The standard InChI is InChI=1S/C24H24N4O3/c1-5-16-7-9-19-23(22(16)26(3)4)28(14-21(29)31-6-2)20-13-17(27-12-11-25-15-27)8-10-18(20)24(19)30/h5,7-13,15H,1,6,14H2,2-4H3. The van der Waals surface area contributed by atoms with Crippen molar-refractivity contribution in [2.24, 2.45) is 0 Å². The molecule has 0 aliphatic heterocycles. The molecular formula is C24H24N4O3. The third-order valence-corrected chi connectivity index (χ3v) is 5.28. The second kappa shape index (κ2) is 8.10. The summed E-state index contributed by atoms with van der Waals surface area (Å²) < 4.78 is 8.97. The van der Waals surface area contributed by atoms with Crippen molar-refractivity contribution in [2.45, 2.75) is 13.5 Å². The van der Waals surface area contributed by atoms with E-state index in [1.165, 1.54) is 0 Å². The third-order valence-electron chi connectivity index (χ3n) is 5.28. The molecule has 0 saturated carbocycles. The topological polar surface area (TPSA) is 69.4 Å². The number of nitrogens with zero attached hydrogens (tertiary/aromatic N) is 4. The molecule has 2 aromatic heterocycles. The van der Waals surface area contributed by atoms with Crippen molar-refractivity contribution in [1.29, 1.82) is 0 Å². The van der Waals surface area contributed by atoms with Gasteiger partial charge >= 0.3 is 5.97 Å². The number of aromatic nitrogens is 3. The first-order chi connectivity index (χ1) is 15.0. The maximum absolute atomic E-state index is 13.4. The van der Waals surface area contributed by atoms with E-state index in [1.807, 2.05) is 52.5 Å². The number of rotatable bonds is 6. The molecule has 4 rings (SSSR count). The number of hydrogen-bond acceptors (Lipinski definition) is 5. The van der Waals surface area contributed by atoms with Crippen LogP contribution in [0, 0.1) is 0 Å². The maximum Gasteiger partial charge on any atom is 0.325 e. The van der Waals surface area contributed by atoms with E-state index in [0.29, 0.717) is 21.8 Å². The van der Waals surface area contributed by atoms with Gasteiger partial charge in [0.1, 0.15) is 6.54 Å². The van der Waals surface area contributed by atoms with Gasteiger partial charge in [-0.05, 0) is 36.8 Å². The highest BCUT2D eigenvalue weighted by atomic mass is 16.5. The largest absolute Gasteiger partial charge is 0.465 e. The van der Waals surface area contributed by atoms with Gasteiger partial charge in [0.15, 0.2) is 5.43 Å². The number of carbonyl (C=O) groups excluding carboxylic acids is 1. The van der Waals surface area contributed by atoms with E-state index in [2.05, 4.69) is 11.6 Å². The number of ether oxygens (including phenoxy) is 1. The molecule has 0 atom stereocenters. The molecule has 0 saturated heterocycles. The Morgan fingerprint density at radius 2 is 2.00 bits per heavy atom. The molecule has 0 N–H and O–H groups in total. The van der Waals surface area contributed by atoms with Gasteiger partial charge in [0, 0.05) is 42.9 Å². The molecule has 4 aromatic rings. The van der Waals surface area contributed by atoms with Crippen molar-refractivity contribution in [3.05, 3.63) is 71.4 Å². The predicted octanol–water partition coefficient (Wildman–Crippen LogP) is 3.61. The Balaban J connectivity index is 2.17. The highest BCUT2D eigenvalue weighted by Crippen LogP contribution is 2.32. The van der Waals surface area contributed by atoms with Gasteiger partial charge in [0.2, 0.25) is 0 Å². The summed E-state index contributed by atoms with van der Waals surface area (Å²) >= 11 is 0. The zero-order chi connectivity index (χ0) is 22.1. The summed E-state index contributed by atoms with van der Waals surface area (Å²) in [6, 6.07) is 9.25. The van der Waals surface area contributed by atoms with E-state index in [-0.39, 0.29) is 24.5 Å². The molecule has 7 nitrogen and oxygen atoms in total. The van der Waals surface area contributed by atoms with Crippen molar-refractivity contribution in [1.82, 2.24) is 14.1 Å². The van der Waals surface area contributed by atoms with Crippen LogP contribution in [0.5, 0.6) is 0 Å². The number of anilines is 1. The van der Waals surface area contributed by atoms with Gasteiger partial charge in [0.25, 0.3) is 0 Å². The van der Waals surface area contributed by atoms with Crippen LogP contribution in [-0.4, -0.2) is 40.8 Å². The lowest BCUT2D eigenvalue weighted by Crippen LogP contribution is -2.21.